The second-order valence-corrected chi connectivity index (χ2v) is 4.28. The predicted octanol–water partition coefficient (Wildman–Crippen LogP) is 1.57. The van der Waals surface area contributed by atoms with Crippen LogP contribution in [0.1, 0.15) is 31.4 Å². The monoisotopic (exact) mass is 267 g/mol. The molecule has 0 amide bonds. The van der Waals surface area contributed by atoms with Gasteiger partial charge in [-0.3, -0.25) is 4.79 Å². The van der Waals surface area contributed by atoms with Crippen molar-refractivity contribution in [1.82, 2.24) is 5.32 Å². The van der Waals surface area contributed by atoms with Gasteiger partial charge in [0.25, 0.3) is 0 Å². The van der Waals surface area contributed by atoms with Gasteiger partial charge in [-0.25, -0.2) is 0 Å². The Bertz CT molecular complexity index is 378. The largest absolute Gasteiger partial charge is 0.494 e. The van der Waals surface area contributed by atoms with Gasteiger partial charge < -0.3 is 20.3 Å². The van der Waals surface area contributed by atoms with E-state index in [9.17, 15) is 9.90 Å². The zero-order valence-corrected chi connectivity index (χ0v) is 11.1. The molecule has 0 aromatic heterocycles. The van der Waals surface area contributed by atoms with E-state index in [1.165, 1.54) is 0 Å². The number of nitrogens with one attached hydrogen (secondary N) is 1. The smallest absolute Gasteiger partial charge is 0.304 e. The first kappa shape index (κ1) is 15.5. The molecule has 0 bridgehead atoms. The van der Waals surface area contributed by atoms with Crippen molar-refractivity contribution in [3.8, 4) is 5.75 Å². The number of hydrogen-bond acceptors (Lipinski definition) is 4. The Labute approximate surface area is 113 Å². The Morgan fingerprint density at radius 2 is 2.05 bits per heavy atom. The van der Waals surface area contributed by atoms with Gasteiger partial charge >= 0.3 is 5.97 Å². The Hall–Kier alpha value is -1.59. The first-order valence-corrected chi connectivity index (χ1v) is 6.46. The van der Waals surface area contributed by atoms with Crippen molar-refractivity contribution in [3.05, 3.63) is 29.8 Å². The van der Waals surface area contributed by atoms with Crippen LogP contribution in [0.15, 0.2) is 24.3 Å². The summed E-state index contributed by atoms with van der Waals surface area (Å²) in [5.74, 6) is -0.0592. The molecule has 0 heterocycles. The van der Waals surface area contributed by atoms with E-state index in [1.807, 2.05) is 31.2 Å². The average Bonchev–Trinajstić information content (AvgIpc) is 2.41. The minimum Gasteiger partial charge on any atom is -0.494 e. The van der Waals surface area contributed by atoms with E-state index in [2.05, 4.69) is 5.32 Å². The van der Waals surface area contributed by atoms with Crippen LogP contribution in [-0.2, 0) is 4.79 Å². The highest BCUT2D eigenvalue weighted by molar-refractivity contribution is 5.66. The minimum atomic E-state index is -0.848. The maximum absolute atomic E-state index is 10.3. The van der Waals surface area contributed by atoms with Gasteiger partial charge in [0.15, 0.2) is 0 Å². The summed E-state index contributed by atoms with van der Waals surface area (Å²) < 4.78 is 5.45. The third kappa shape index (κ3) is 6.22. The van der Waals surface area contributed by atoms with E-state index in [4.69, 9.17) is 9.84 Å². The molecule has 0 aliphatic rings. The molecule has 0 radical (unpaired) electrons. The average molecular weight is 267 g/mol. The summed E-state index contributed by atoms with van der Waals surface area (Å²) in [7, 11) is 0. The SMILES string of the molecule is CCCOc1ccc(C(O)CNCCC(=O)O)cc1. The van der Waals surface area contributed by atoms with E-state index in [0.717, 1.165) is 17.7 Å². The zero-order chi connectivity index (χ0) is 14.1. The van der Waals surface area contributed by atoms with Crippen LogP contribution in [0.25, 0.3) is 0 Å². The number of benzene rings is 1. The fraction of sp³-hybridized carbons (Fsp3) is 0.500. The summed E-state index contributed by atoms with van der Waals surface area (Å²) in [6, 6.07) is 7.28. The molecule has 0 saturated heterocycles. The first-order valence-electron chi connectivity index (χ1n) is 6.46. The third-order valence-corrected chi connectivity index (χ3v) is 2.59. The van der Waals surface area contributed by atoms with E-state index >= 15 is 0 Å². The molecule has 106 valence electrons. The van der Waals surface area contributed by atoms with Crippen LogP contribution < -0.4 is 10.1 Å². The number of carboxylic acid groups (broad SMARTS) is 1. The van der Waals surface area contributed by atoms with Crippen molar-refractivity contribution in [3.63, 3.8) is 0 Å². The molecule has 3 N–H and O–H groups in total. The lowest BCUT2D eigenvalue weighted by atomic mass is 10.1. The van der Waals surface area contributed by atoms with E-state index in [1.54, 1.807) is 0 Å². The van der Waals surface area contributed by atoms with Crippen LogP contribution in [0, 0.1) is 0 Å². The van der Waals surface area contributed by atoms with Crippen molar-refractivity contribution in [2.24, 2.45) is 0 Å². The maximum atomic E-state index is 10.3. The normalized spacial score (nSPS) is 12.1. The van der Waals surface area contributed by atoms with Crippen molar-refractivity contribution in [1.29, 1.82) is 0 Å². The molecule has 0 aliphatic carbocycles. The highest BCUT2D eigenvalue weighted by Crippen LogP contribution is 2.17. The number of aliphatic carboxylic acids is 1. The van der Waals surface area contributed by atoms with E-state index < -0.39 is 12.1 Å². The summed E-state index contributed by atoms with van der Waals surface area (Å²) in [5.41, 5.74) is 0.784. The lowest BCUT2D eigenvalue weighted by Gasteiger charge is -2.12. The summed E-state index contributed by atoms with van der Waals surface area (Å²) >= 11 is 0. The van der Waals surface area contributed by atoms with Crippen LogP contribution >= 0.6 is 0 Å². The fourth-order valence-corrected chi connectivity index (χ4v) is 1.56. The molecule has 0 fully saturated rings. The Morgan fingerprint density at radius 1 is 1.37 bits per heavy atom. The Kier molecular flexibility index (Phi) is 6.92. The van der Waals surface area contributed by atoms with E-state index in [-0.39, 0.29) is 6.42 Å². The van der Waals surface area contributed by atoms with Gasteiger partial charge in [-0.2, -0.15) is 0 Å². The van der Waals surface area contributed by atoms with Crippen LogP contribution in [0.5, 0.6) is 5.75 Å². The van der Waals surface area contributed by atoms with Gasteiger partial charge in [0.05, 0.1) is 19.1 Å². The molecule has 19 heavy (non-hydrogen) atoms. The lowest BCUT2D eigenvalue weighted by molar-refractivity contribution is -0.136. The topological polar surface area (TPSA) is 78.8 Å². The zero-order valence-electron chi connectivity index (χ0n) is 11.1. The van der Waals surface area contributed by atoms with E-state index in [0.29, 0.717) is 19.7 Å². The van der Waals surface area contributed by atoms with Gasteiger partial charge in [-0.05, 0) is 24.1 Å². The molecule has 0 spiro atoms. The standard InChI is InChI=1S/C14H21NO4/c1-2-9-19-12-5-3-11(4-6-12)13(16)10-15-8-7-14(17)18/h3-6,13,15-16H,2,7-10H2,1H3,(H,17,18). The highest BCUT2D eigenvalue weighted by atomic mass is 16.5. The van der Waals surface area contributed by atoms with Crippen molar-refractivity contribution >= 4 is 5.97 Å². The van der Waals surface area contributed by atoms with Gasteiger partial charge in [0.1, 0.15) is 5.75 Å². The molecule has 5 nitrogen and oxygen atoms in total. The van der Waals surface area contributed by atoms with Crippen LogP contribution in [0.2, 0.25) is 0 Å². The molecule has 1 atom stereocenters. The maximum Gasteiger partial charge on any atom is 0.304 e. The number of aliphatic hydroxyl groups is 1. The molecular weight excluding hydrogens is 246 g/mol. The number of aliphatic hydroxyl groups excluding tert-OH is 1. The Morgan fingerprint density at radius 3 is 2.63 bits per heavy atom. The van der Waals surface area contributed by atoms with Crippen molar-refractivity contribution < 1.29 is 19.7 Å². The number of carbonyl (C=O) groups is 1. The molecule has 0 aliphatic heterocycles. The van der Waals surface area contributed by atoms with Crippen LogP contribution in [0.3, 0.4) is 0 Å². The molecule has 1 rings (SSSR count). The van der Waals surface area contributed by atoms with Crippen LogP contribution in [-0.4, -0.2) is 35.9 Å². The minimum absolute atomic E-state index is 0.0521. The van der Waals surface area contributed by atoms with Gasteiger partial charge in [0, 0.05) is 13.1 Å². The third-order valence-electron chi connectivity index (χ3n) is 2.59. The van der Waals surface area contributed by atoms with Crippen LogP contribution in [0.4, 0.5) is 0 Å². The second kappa shape index (κ2) is 8.50. The summed E-state index contributed by atoms with van der Waals surface area (Å²) in [6.07, 6.45) is 0.364. The first-order chi connectivity index (χ1) is 9.13. The highest BCUT2D eigenvalue weighted by Gasteiger charge is 2.07. The Balaban J connectivity index is 2.35. The van der Waals surface area contributed by atoms with Crippen molar-refractivity contribution in [2.75, 3.05) is 19.7 Å². The lowest BCUT2D eigenvalue weighted by Crippen LogP contribution is -2.24. The number of hydrogen-bond donors (Lipinski definition) is 3. The number of rotatable bonds is 9. The number of carboxylic acids is 1. The van der Waals surface area contributed by atoms with Gasteiger partial charge in [-0.1, -0.05) is 19.1 Å². The molecule has 1 aromatic rings. The second-order valence-electron chi connectivity index (χ2n) is 4.28. The molecule has 0 saturated carbocycles. The van der Waals surface area contributed by atoms with Crippen molar-refractivity contribution in [2.45, 2.75) is 25.9 Å². The molecular formula is C14H21NO4. The molecule has 1 unspecified atom stereocenters. The fourth-order valence-electron chi connectivity index (χ4n) is 1.56. The summed E-state index contributed by atoms with van der Waals surface area (Å²) in [6.45, 7) is 3.41. The predicted molar refractivity (Wildman–Crippen MR) is 72.3 cm³/mol. The summed E-state index contributed by atoms with van der Waals surface area (Å²) in [4.78, 5) is 10.3. The quantitative estimate of drug-likeness (QED) is 0.592. The van der Waals surface area contributed by atoms with Gasteiger partial charge in [0.2, 0.25) is 0 Å². The molecule has 1 aromatic carbocycles. The van der Waals surface area contributed by atoms with Gasteiger partial charge in [-0.15, -0.1) is 0 Å². The number of ether oxygens (including phenoxy) is 1. The molecule has 5 heteroatoms. The summed E-state index contributed by atoms with van der Waals surface area (Å²) in [5, 5.41) is 21.3.